The molecule has 9 heteroatoms. The Bertz CT molecular complexity index is 1440. The number of urea groups is 1. The lowest BCUT2D eigenvalue weighted by molar-refractivity contribution is 0.248. The Morgan fingerprint density at radius 1 is 1.03 bits per heavy atom. The molecule has 0 saturated carbocycles. The maximum atomic E-state index is 13.7. The first-order valence-corrected chi connectivity index (χ1v) is 11.5. The normalized spacial score (nSPS) is 12.7. The summed E-state index contributed by atoms with van der Waals surface area (Å²) in [6, 6.07) is 9.26. The van der Waals surface area contributed by atoms with Crippen LogP contribution in [0.15, 0.2) is 40.1 Å². The molecule has 0 fully saturated rings. The van der Waals surface area contributed by atoms with Crippen molar-refractivity contribution in [3.63, 3.8) is 0 Å². The summed E-state index contributed by atoms with van der Waals surface area (Å²) in [6.45, 7) is 7.07. The Hall–Kier alpha value is -4.01. The second-order valence-electron chi connectivity index (χ2n) is 8.71. The van der Waals surface area contributed by atoms with Gasteiger partial charge in [-0.15, -0.1) is 0 Å². The van der Waals surface area contributed by atoms with Gasteiger partial charge in [-0.2, -0.15) is 0 Å². The fourth-order valence-corrected chi connectivity index (χ4v) is 4.45. The van der Waals surface area contributed by atoms with E-state index >= 15 is 0 Å². The molecule has 3 aromatic rings. The molecule has 2 heterocycles. The van der Waals surface area contributed by atoms with Crippen LogP contribution in [0.1, 0.15) is 22.3 Å². The van der Waals surface area contributed by atoms with E-state index in [4.69, 9.17) is 20.2 Å². The van der Waals surface area contributed by atoms with Crippen LogP contribution in [0, 0.1) is 20.8 Å². The fourth-order valence-electron chi connectivity index (χ4n) is 4.45. The molecule has 184 valence electrons. The van der Waals surface area contributed by atoms with Crippen molar-refractivity contribution >= 4 is 11.7 Å². The van der Waals surface area contributed by atoms with E-state index in [0.717, 1.165) is 33.6 Å². The molecule has 1 aromatic heterocycles. The van der Waals surface area contributed by atoms with Gasteiger partial charge in [0.05, 0.1) is 25.6 Å². The zero-order valence-corrected chi connectivity index (χ0v) is 20.8. The number of primary amides is 1. The highest BCUT2D eigenvalue weighted by Gasteiger charge is 2.22. The van der Waals surface area contributed by atoms with Gasteiger partial charge in [-0.3, -0.25) is 9.13 Å². The van der Waals surface area contributed by atoms with Crippen molar-refractivity contribution in [3.8, 4) is 22.8 Å². The van der Waals surface area contributed by atoms with Crippen molar-refractivity contribution in [2.75, 3.05) is 20.8 Å². The average molecular weight is 478 g/mol. The van der Waals surface area contributed by atoms with Crippen LogP contribution >= 0.6 is 0 Å². The van der Waals surface area contributed by atoms with E-state index in [1.54, 1.807) is 23.4 Å². The summed E-state index contributed by atoms with van der Waals surface area (Å²) in [4.78, 5) is 29.8. The van der Waals surface area contributed by atoms with Crippen molar-refractivity contribution in [1.82, 2.24) is 14.5 Å². The van der Waals surface area contributed by atoms with E-state index in [-0.39, 0.29) is 18.8 Å². The summed E-state index contributed by atoms with van der Waals surface area (Å²) in [5.74, 6) is 1.25. The topological polar surface area (TPSA) is 113 Å². The number of rotatable bonds is 6. The van der Waals surface area contributed by atoms with Crippen molar-refractivity contribution in [1.29, 1.82) is 0 Å². The Morgan fingerprint density at radius 2 is 1.71 bits per heavy atom. The zero-order valence-electron chi connectivity index (χ0n) is 20.8. The van der Waals surface area contributed by atoms with Crippen LogP contribution in [-0.2, 0) is 19.5 Å². The number of benzene rings is 2. The van der Waals surface area contributed by atoms with Gasteiger partial charge in [-0.25, -0.2) is 14.6 Å². The first-order chi connectivity index (χ1) is 16.7. The van der Waals surface area contributed by atoms with E-state index in [2.05, 4.69) is 18.3 Å². The zero-order chi connectivity index (χ0) is 25.3. The number of aryl methyl sites for hydroxylation is 4. The summed E-state index contributed by atoms with van der Waals surface area (Å²) in [5, 5.41) is 2.56. The molecule has 0 bridgehead atoms. The van der Waals surface area contributed by atoms with Gasteiger partial charge >= 0.3 is 11.7 Å². The van der Waals surface area contributed by atoms with Crippen LogP contribution in [0.4, 0.5) is 10.5 Å². The van der Waals surface area contributed by atoms with E-state index < -0.39 is 6.03 Å². The summed E-state index contributed by atoms with van der Waals surface area (Å²) in [7, 11) is 3.20. The van der Waals surface area contributed by atoms with Crippen molar-refractivity contribution < 1.29 is 14.3 Å². The summed E-state index contributed by atoms with van der Waals surface area (Å²) in [5.41, 5.74) is 12.4. The second-order valence-corrected chi connectivity index (χ2v) is 8.71. The standard InChI is InChI=1S/C26H31N5O4/c1-15-10-17(3)20(11-16(15)2)29-24-14-21-19-13-23(35-5)22(34-4)12-18(19)6-8-30(21)26(33)31(24)9-7-28-25(27)32/h10-14H,6-9H2,1-5H3,(H3,27,28,32). The van der Waals surface area contributed by atoms with Gasteiger partial charge in [0.2, 0.25) is 0 Å². The predicted molar refractivity (Wildman–Crippen MR) is 134 cm³/mol. The van der Waals surface area contributed by atoms with Crippen LogP contribution in [0.5, 0.6) is 11.5 Å². The molecular formula is C26H31N5O4. The van der Waals surface area contributed by atoms with E-state index in [0.29, 0.717) is 30.0 Å². The molecule has 0 atom stereocenters. The molecule has 2 amide bonds. The molecule has 0 aliphatic carbocycles. The molecule has 0 unspecified atom stereocenters. The number of nitrogens with zero attached hydrogens (tertiary/aromatic N) is 3. The predicted octanol–water partition coefficient (Wildman–Crippen LogP) is 2.72. The number of carbonyl (C=O) groups is 1. The summed E-state index contributed by atoms with van der Waals surface area (Å²) in [6.07, 6.45) is 0.675. The Kier molecular flexibility index (Phi) is 6.68. The van der Waals surface area contributed by atoms with Gasteiger partial charge in [-0.05, 0) is 67.6 Å². The first-order valence-electron chi connectivity index (χ1n) is 11.5. The molecule has 3 N–H and O–H groups in total. The van der Waals surface area contributed by atoms with Crippen LogP contribution in [-0.4, -0.2) is 35.9 Å². The van der Waals surface area contributed by atoms with Crippen LogP contribution in [0.25, 0.3) is 11.3 Å². The molecule has 1 aliphatic heterocycles. The second kappa shape index (κ2) is 9.69. The lowest BCUT2D eigenvalue weighted by atomic mass is 9.97. The number of nitrogens with one attached hydrogen (secondary N) is 1. The molecule has 4 rings (SSSR count). The maximum Gasteiger partial charge on any atom is 0.330 e. The van der Waals surface area contributed by atoms with Gasteiger partial charge < -0.3 is 20.5 Å². The third kappa shape index (κ3) is 4.66. The Labute approximate surface area is 203 Å². The van der Waals surface area contributed by atoms with Crippen molar-refractivity contribution in [3.05, 3.63) is 68.6 Å². The van der Waals surface area contributed by atoms with Gasteiger partial charge in [0.15, 0.2) is 11.5 Å². The average Bonchev–Trinajstić information content (AvgIpc) is 2.83. The number of methoxy groups -OCH3 is 2. The largest absolute Gasteiger partial charge is 0.493 e. The maximum absolute atomic E-state index is 13.7. The van der Waals surface area contributed by atoms with E-state index in [9.17, 15) is 9.59 Å². The van der Waals surface area contributed by atoms with Crippen molar-refractivity contribution in [2.24, 2.45) is 10.7 Å². The SMILES string of the molecule is COc1cc2c(cc1OC)-c1cc(=Nc3cc(C)c(C)cc3C)n(CCNC(N)=O)c(=O)n1CC2. The summed E-state index contributed by atoms with van der Waals surface area (Å²) >= 11 is 0. The number of nitrogens with two attached hydrogens (primary N) is 1. The number of hydrogen-bond acceptors (Lipinski definition) is 5. The molecule has 1 aliphatic rings. The quantitative estimate of drug-likeness (QED) is 0.568. The molecular weight excluding hydrogens is 446 g/mol. The Balaban J connectivity index is 1.97. The van der Waals surface area contributed by atoms with Crippen molar-refractivity contribution in [2.45, 2.75) is 40.3 Å². The smallest absolute Gasteiger partial charge is 0.330 e. The number of fused-ring (bicyclic) bond motifs is 3. The minimum Gasteiger partial charge on any atom is -0.493 e. The highest BCUT2D eigenvalue weighted by molar-refractivity contribution is 5.71. The molecule has 35 heavy (non-hydrogen) atoms. The van der Waals surface area contributed by atoms with Gasteiger partial charge in [0.1, 0.15) is 5.49 Å². The number of hydrogen-bond donors (Lipinski definition) is 2. The minimum atomic E-state index is -0.637. The minimum absolute atomic E-state index is 0.200. The lowest BCUT2D eigenvalue weighted by Crippen LogP contribution is -2.44. The van der Waals surface area contributed by atoms with Crippen LogP contribution < -0.4 is 31.7 Å². The molecule has 0 spiro atoms. The fraction of sp³-hybridized carbons (Fsp3) is 0.346. The lowest BCUT2D eigenvalue weighted by Gasteiger charge is -2.24. The van der Waals surface area contributed by atoms with E-state index in [1.807, 2.05) is 38.1 Å². The molecule has 0 saturated heterocycles. The molecule has 0 radical (unpaired) electrons. The highest BCUT2D eigenvalue weighted by atomic mass is 16.5. The number of aromatic nitrogens is 2. The number of amides is 2. The van der Waals surface area contributed by atoms with E-state index in [1.165, 1.54) is 5.56 Å². The van der Waals surface area contributed by atoms with Crippen LogP contribution in [0.2, 0.25) is 0 Å². The van der Waals surface area contributed by atoms with Gasteiger partial charge in [-0.1, -0.05) is 6.07 Å². The van der Waals surface area contributed by atoms with Gasteiger partial charge in [0.25, 0.3) is 0 Å². The Morgan fingerprint density at radius 3 is 2.40 bits per heavy atom. The number of carbonyl (C=O) groups excluding carboxylic acids is 1. The number of ether oxygens (including phenoxy) is 2. The molecule has 2 aromatic carbocycles. The first kappa shape index (κ1) is 24.1. The van der Waals surface area contributed by atoms with Gasteiger partial charge in [0, 0.05) is 31.3 Å². The third-order valence-electron chi connectivity index (χ3n) is 6.47. The van der Waals surface area contributed by atoms with Crippen LogP contribution in [0.3, 0.4) is 0 Å². The third-order valence-corrected chi connectivity index (χ3v) is 6.47. The monoisotopic (exact) mass is 477 g/mol. The molecule has 9 nitrogen and oxygen atoms in total. The summed E-state index contributed by atoms with van der Waals surface area (Å²) < 4.78 is 14.3. The highest BCUT2D eigenvalue weighted by Crippen LogP contribution is 2.37.